The van der Waals surface area contributed by atoms with Crippen LogP contribution >= 0.6 is 0 Å². The minimum absolute atomic E-state index is 0.161. The molecule has 0 aliphatic heterocycles. The van der Waals surface area contributed by atoms with Gasteiger partial charge >= 0.3 is 5.97 Å². The molecule has 1 amide bonds. The molecule has 6 nitrogen and oxygen atoms in total. The minimum atomic E-state index is -3.24. The summed E-state index contributed by atoms with van der Waals surface area (Å²) in [5.74, 6) is -0.687. The normalized spacial score (nSPS) is 14.6. The number of anilines is 1. The number of hydrogen-bond donors (Lipinski definition) is 1. The van der Waals surface area contributed by atoms with Gasteiger partial charge in [0.15, 0.2) is 9.84 Å². The third-order valence-electron chi connectivity index (χ3n) is 4.78. The highest BCUT2D eigenvalue weighted by Crippen LogP contribution is 2.25. The Balaban J connectivity index is 1.49. The van der Waals surface area contributed by atoms with Crippen LogP contribution in [-0.4, -0.2) is 31.3 Å². The zero-order valence-corrected chi connectivity index (χ0v) is 16.3. The first-order valence-corrected chi connectivity index (χ1v) is 11.0. The first-order chi connectivity index (χ1) is 13.4. The molecule has 0 unspecified atom stereocenters. The number of nitrogens with one attached hydrogen (secondary N) is 1. The molecule has 0 saturated heterocycles. The van der Waals surface area contributed by atoms with Crippen LogP contribution in [0.3, 0.4) is 0 Å². The highest BCUT2D eigenvalue weighted by Gasteiger charge is 2.29. The topological polar surface area (TPSA) is 89.5 Å². The lowest BCUT2D eigenvalue weighted by Gasteiger charge is -2.11. The van der Waals surface area contributed by atoms with E-state index in [4.69, 9.17) is 4.74 Å². The number of sulfone groups is 1. The molecule has 1 N–H and O–H groups in total. The lowest BCUT2D eigenvalue weighted by atomic mass is 10.2. The van der Waals surface area contributed by atoms with E-state index >= 15 is 0 Å². The predicted molar refractivity (Wildman–Crippen MR) is 107 cm³/mol. The molecule has 0 spiro atoms. The van der Waals surface area contributed by atoms with E-state index in [-0.39, 0.29) is 23.3 Å². The van der Waals surface area contributed by atoms with E-state index in [0.29, 0.717) is 29.8 Å². The van der Waals surface area contributed by atoms with Crippen molar-refractivity contribution < 1.29 is 22.7 Å². The maximum absolute atomic E-state index is 12.2. The van der Waals surface area contributed by atoms with Crippen molar-refractivity contribution in [3.63, 3.8) is 0 Å². The van der Waals surface area contributed by atoms with E-state index in [1.54, 1.807) is 48.5 Å². The molecule has 0 bridgehead atoms. The largest absolute Gasteiger partial charge is 0.427 e. The number of esters is 1. The standard InChI is InChI=1S/C21H23NO5S/c23-20(14-15-28(25,26)19-8-4-5-9-19)27-18-12-10-17(11-13-18)22-21(24)16-6-2-1-3-7-16/h1-3,6-7,10-13,19H,4-5,8-9,14-15H2,(H,22,24). The van der Waals surface area contributed by atoms with Crippen LogP contribution < -0.4 is 10.1 Å². The highest BCUT2D eigenvalue weighted by atomic mass is 32.2. The maximum Gasteiger partial charge on any atom is 0.312 e. The second-order valence-corrected chi connectivity index (χ2v) is 9.24. The SMILES string of the molecule is O=C(CCS(=O)(=O)C1CCCC1)Oc1ccc(NC(=O)c2ccccc2)cc1. The number of ether oxygens (including phenoxy) is 1. The Morgan fingerprint density at radius 3 is 2.25 bits per heavy atom. The van der Waals surface area contributed by atoms with Crippen molar-refractivity contribution in [3.05, 3.63) is 60.2 Å². The molecular formula is C21H23NO5S. The molecule has 1 aliphatic rings. The van der Waals surface area contributed by atoms with Crippen molar-refractivity contribution in [2.24, 2.45) is 0 Å². The molecule has 0 heterocycles. The summed E-state index contributed by atoms with van der Waals surface area (Å²) in [5, 5.41) is 2.44. The molecule has 1 aliphatic carbocycles. The molecule has 0 aromatic heterocycles. The van der Waals surface area contributed by atoms with Crippen molar-refractivity contribution >= 4 is 27.4 Å². The van der Waals surface area contributed by atoms with Gasteiger partial charge in [-0.2, -0.15) is 0 Å². The van der Waals surface area contributed by atoms with Crippen molar-refractivity contribution in [2.45, 2.75) is 37.4 Å². The summed E-state index contributed by atoms with van der Waals surface area (Å²) in [6.07, 6.45) is 3.08. The van der Waals surface area contributed by atoms with Gasteiger partial charge in [0.1, 0.15) is 5.75 Å². The third-order valence-corrected chi connectivity index (χ3v) is 7.04. The van der Waals surface area contributed by atoms with Crippen LogP contribution in [-0.2, 0) is 14.6 Å². The van der Waals surface area contributed by atoms with Gasteiger partial charge in [0.25, 0.3) is 5.91 Å². The van der Waals surface area contributed by atoms with Crippen molar-refractivity contribution in [3.8, 4) is 5.75 Å². The van der Waals surface area contributed by atoms with Gasteiger partial charge in [-0.1, -0.05) is 31.0 Å². The Morgan fingerprint density at radius 2 is 1.61 bits per heavy atom. The summed E-state index contributed by atoms with van der Waals surface area (Å²) in [6.45, 7) is 0. The van der Waals surface area contributed by atoms with E-state index in [9.17, 15) is 18.0 Å². The Hall–Kier alpha value is -2.67. The van der Waals surface area contributed by atoms with Gasteiger partial charge in [-0.25, -0.2) is 8.42 Å². The molecule has 0 radical (unpaired) electrons. The van der Waals surface area contributed by atoms with E-state index in [1.807, 2.05) is 6.07 Å². The summed E-state index contributed by atoms with van der Waals surface area (Å²) in [5.41, 5.74) is 1.11. The summed E-state index contributed by atoms with van der Waals surface area (Å²) in [6, 6.07) is 15.2. The first kappa shape index (κ1) is 20.1. The van der Waals surface area contributed by atoms with Crippen LogP contribution in [0.5, 0.6) is 5.75 Å². The number of amides is 1. The van der Waals surface area contributed by atoms with Crippen molar-refractivity contribution in [1.82, 2.24) is 0 Å². The van der Waals surface area contributed by atoms with E-state index in [2.05, 4.69) is 5.32 Å². The molecule has 1 saturated carbocycles. The molecule has 148 valence electrons. The van der Waals surface area contributed by atoms with Crippen LogP contribution in [0, 0.1) is 0 Å². The zero-order chi connectivity index (χ0) is 20.0. The molecule has 2 aromatic rings. The molecular weight excluding hydrogens is 378 g/mol. The van der Waals surface area contributed by atoms with Gasteiger partial charge in [-0.3, -0.25) is 9.59 Å². The maximum atomic E-state index is 12.2. The average Bonchev–Trinajstić information content (AvgIpc) is 3.25. The summed E-state index contributed by atoms with van der Waals surface area (Å²) in [4.78, 5) is 24.1. The Bertz CT molecular complexity index is 917. The number of carbonyl (C=O) groups excluding carboxylic acids is 2. The fourth-order valence-corrected chi connectivity index (χ4v) is 5.06. The molecule has 0 atom stereocenters. The minimum Gasteiger partial charge on any atom is -0.427 e. The van der Waals surface area contributed by atoms with Gasteiger partial charge in [0, 0.05) is 11.3 Å². The van der Waals surface area contributed by atoms with E-state index in [0.717, 1.165) is 12.8 Å². The second-order valence-electron chi connectivity index (χ2n) is 6.84. The summed E-state index contributed by atoms with van der Waals surface area (Å²) >= 11 is 0. The zero-order valence-electron chi connectivity index (χ0n) is 15.5. The smallest absolute Gasteiger partial charge is 0.312 e. The lowest BCUT2D eigenvalue weighted by Crippen LogP contribution is -2.23. The molecule has 7 heteroatoms. The second kappa shape index (κ2) is 9.01. The third kappa shape index (κ3) is 5.42. The predicted octanol–water partition coefficient (Wildman–Crippen LogP) is 3.59. The molecule has 2 aromatic carbocycles. The molecule has 1 fully saturated rings. The Kier molecular flexibility index (Phi) is 6.46. The summed E-state index contributed by atoms with van der Waals surface area (Å²) < 4.78 is 29.6. The average molecular weight is 401 g/mol. The quantitative estimate of drug-likeness (QED) is 0.566. The van der Waals surface area contributed by atoms with Crippen molar-refractivity contribution in [1.29, 1.82) is 0 Å². The van der Waals surface area contributed by atoms with Gasteiger partial charge in [-0.15, -0.1) is 0 Å². The van der Waals surface area contributed by atoms with Crippen LogP contribution in [0.15, 0.2) is 54.6 Å². The highest BCUT2D eigenvalue weighted by molar-refractivity contribution is 7.92. The number of hydrogen-bond acceptors (Lipinski definition) is 5. The van der Waals surface area contributed by atoms with Crippen LogP contribution in [0.4, 0.5) is 5.69 Å². The fraction of sp³-hybridized carbons (Fsp3) is 0.333. The lowest BCUT2D eigenvalue weighted by molar-refractivity contribution is -0.133. The number of benzene rings is 2. The Morgan fingerprint density at radius 1 is 0.964 bits per heavy atom. The number of rotatable bonds is 7. The summed E-state index contributed by atoms with van der Waals surface area (Å²) in [7, 11) is -3.24. The molecule has 28 heavy (non-hydrogen) atoms. The van der Waals surface area contributed by atoms with Crippen molar-refractivity contribution in [2.75, 3.05) is 11.1 Å². The Labute approximate surface area is 164 Å². The molecule has 3 rings (SSSR count). The first-order valence-electron chi connectivity index (χ1n) is 9.33. The van der Waals surface area contributed by atoms with Crippen LogP contribution in [0.2, 0.25) is 0 Å². The van der Waals surface area contributed by atoms with Crippen LogP contribution in [0.1, 0.15) is 42.5 Å². The van der Waals surface area contributed by atoms with Crippen LogP contribution in [0.25, 0.3) is 0 Å². The van der Waals surface area contributed by atoms with Gasteiger partial charge < -0.3 is 10.1 Å². The number of carbonyl (C=O) groups is 2. The monoisotopic (exact) mass is 401 g/mol. The van der Waals surface area contributed by atoms with Gasteiger partial charge in [-0.05, 0) is 49.2 Å². The van der Waals surface area contributed by atoms with E-state index < -0.39 is 15.8 Å². The van der Waals surface area contributed by atoms with E-state index in [1.165, 1.54) is 0 Å². The van der Waals surface area contributed by atoms with Gasteiger partial charge in [0.05, 0.1) is 17.4 Å². The van der Waals surface area contributed by atoms with Gasteiger partial charge in [0.2, 0.25) is 0 Å². The fourth-order valence-electron chi connectivity index (χ4n) is 3.22.